The van der Waals surface area contributed by atoms with Crippen LogP contribution in [0.1, 0.15) is 16.4 Å². The van der Waals surface area contributed by atoms with E-state index < -0.39 is 0 Å². The standard InChI is InChI=1S/C38H24O2S2/c1-39-23-9-3-19(4-10-23)31-17-27-25-13-7-22-16-30-36-26(14-8-21-15-29(37(27)41-31)35(25)33(22)34(21)36)28-18-32(42-38(28)30)20-5-11-24(40-2)12-6-20/h3-17,32H,18H2,1-2H3. The van der Waals surface area contributed by atoms with Crippen molar-refractivity contribution in [2.75, 3.05) is 14.2 Å². The van der Waals surface area contributed by atoms with Crippen LogP contribution in [0, 0.1) is 0 Å². The van der Waals surface area contributed by atoms with Crippen molar-refractivity contribution in [3.05, 3.63) is 102 Å². The van der Waals surface area contributed by atoms with Crippen LogP contribution in [-0.2, 0) is 6.42 Å². The van der Waals surface area contributed by atoms with Gasteiger partial charge in [-0.05, 0) is 126 Å². The smallest absolute Gasteiger partial charge is 0.118 e. The zero-order valence-electron chi connectivity index (χ0n) is 23.1. The van der Waals surface area contributed by atoms with Crippen LogP contribution in [-0.4, -0.2) is 14.2 Å². The summed E-state index contributed by atoms with van der Waals surface area (Å²) in [5.74, 6) is 1.80. The summed E-state index contributed by atoms with van der Waals surface area (Å²) in [7, 11) is 3.45. The fourth-order valence-electron chi connectivity index (χ4n) is 7.55. The molecule has 0 aliphatic carbocycles. The topological polar surface area (TPSA) is 18.5 Å². The highest BCUT2D eigenvalue weighted by atomic mass is 32.2. The summed E-state index contributed by atoms with van der Waals surface area (Å²) >= 11 is 3.95. The highest BCUT2D eigenvalue weighted by Gasteiger charge is 2.31. The van der Waals surface area contributed by atoms with Crippen molar-refractivity contribution in [3.63, 3.8) is 0 Å². The zero-order chi connectivity index (χ0) is 27.7. The predicted octanol–water partition coefficient (Wildman–Crippen LogP) is 11.1. The summed E-state index contributed by atoms with van der Waals surface area (Å²) in [5, 5.41) is 15.9. The number of rotatable bonds is 4. The summed E-state index contributed by atoms with van der Waals surface area (Å²) in [6.45, 7) is 0. The molecule has 1 aliphatic rings. The molecule has 42 heavy (non-hydrogen) atoms. The van der Waals surface area contributed by atoms with Crippen molar-refractivity contribution >= 4 is 87.0 Å². The molecular weight excluding hydrogens is 553 g/mol. The van der Waals surface area contributed by atoms with Crippen molar-refractivity contribution in [2.45, 2.75) is 16.6 Å². The van der Waals surface area contributed by atoms with E-state index in [1.54, 1.807) is 14.2 Å². The van der Waals surface area contributed by atoms with E-state index in [1.165, 1.54) is 90.4 Å². The lowest BCUT2D eigenvalue weighted by molar-refractivity contribution is 0.414. The molecule has 200 valence electrons. The van der Waals surface area contributed by atoms with Crippen LogP contribution in [0.15, 0.2) is 95.9 Å². The minimum Gasteiger partial charge on any atom is -0.497 e. The Morgan fingerprint density at radius 3 is 1.95 bits per heavy atom. The van der Waals surface area contributed by atoms with E-state index in [2.05, 4.69) is 78.9 Å². The fourth-order valence-corrected chi connectivity index (χ4v) is 10.2. The average molecular weight is 577 g/mol. The van der Waals surface area contributed by atoms with Gasteiger partial charge in [0.25, 0.3) is 0 Å². The van der Waals surface area contributed by atoms with Crippen LogP contribution >= 0.6 is 23.1 Å². The van der Waals surface area contributed by atoms with Gasteiger partial charge in [-0.25, -0.2) is 0 Å². The van der Waals surface area contributed by atoms with E-state index in [0.29, 0.717) is 5.25 Å². The Bertz CT molecular complexity index is 2470. The lowest BCUT2D eigenvalue weighted by Gasteiger charge is -2.15. The summed E-state index contributed by atoms with van der Waals surface area (Å²) in [5.41, 5.74) is 4.13. The first-order valence-corrected chi connectivity index (χ1v) is 16.0. The number of ether oxygens (including phenoxy) is 2. The lowest BCUT2D eigenvalue weighted by atomic mass is 9.90. The lowest BCUT2D eigenvalue weighted by Crippen LogP contribution is -1.93. The molecule has 1 aliphatic heterocycles. The number of thiophene rings is 1. The second kappa shape index (κ2) is 8.19. The molecule has 0 spiro atoms. The quantitative estimate of drug-likeness (QED) is 0.194. The minimum absolute atomic E-state index is 0.440. The van der Waals surface area contributed by atoms with E-state index in [1.807, 2.05) is 35.2 Å². The van der Waals surface area contributed by atoms with Crippen LogP contribution in [0.4, 0.5) is 0 Å². The molecule has 0 bridgehead atoms. The third-order valence-corrected chi connectivity index (χ3v) is 12.1. The normalized spacial score (nSPS) is 15.4. The number of hydrogen-bond acceptors (Lipinski definition) is 4. The summed E-state index contributed by atoms with van der Waals surface area (Å²) in [4.78, 5) is 2.78. The molecule has 2 heterocycles. The molecule has 0 N–H and O–H groups in total. The molecule has 0 saturated carbocycles. The fraction of sp³-hybridized carbons (Fsp3) is 0.105. The maximum absolute atomic E-state index is 5.40. The van der Waals surface area contributed by atoms with E-state index in [9.17, 15) is 0 Å². The van der Waals surface area contributed by atoms with E-state index in [-0.39, 0.29) is 0 Å². The van der Waals surface area contributed by atoms with Crippen molar-refractivity contribution < 1.29 is 9.47 Å². The molecule has 4 heteroatoms. The molecule has 0 amide bonds. The van der Waals surface area contributed by atoms with Gasteiger partial charge in [-0.3, -0.25) is 0 Å². The summed E-state index contributed by atoms with van der Waals surface area (Å²) < 4.78 is 12.2. The third kappa shape index (κ3) is 2.91. The van der Waals surface area contributed by atoms with Gasteiger partial charge >= 0.3 is 0 Å². The minimum atomic E-state index is 0.440. The highest BCUT2D eigenvalue weighted by Crippen LogP contribution is 2.57. The second-order valence-corrected chi connectivity index (χ2v) is 13.8. The second-order valence-electron chi connectivity index (χ2n) is 11.5. The van der Waals surface area contributed by atoms with Gasteiger partial charge in [0.2, 0.25) is 0 Å². The molecular formula is C38H24O2S2. The predicted molar refractivity (Wildman–Crippen MR) is 180 cm³/mol. The first kappa shape index (κ1) is 23.3. The van der Waals surface area contributed by atoms with E-state index >= 15 is 0 Å². The number of thioether (sulfide) groups is 1. The van der Waals surface area contributed by atoms with Gasteiger partial charge in [-0.15, -0.1) is 23.1 Å². The average Bonchev–Trinajstić information content (AvgIpc) is 3.80. The molecule has 2 nitrogen and oxygen atoms in total. The summed E-state index contributed by atoms with van der Waals surface area (Å²) in [6, 6.07) is 33.9. The van der Waals surface area contributed by atoms with E-state index in [4.69, 9.17) is 9.47 Å². The first-order chi connectivity index (χ1) is 20.7. The Hall–Kier alpha value is -4.25. The van der Waals surface area contributed by atoms with Crippen molar-refractivity contribution in [2.24, 2.45) is 0 Å². The van der Waals surface area contributed by atoms with E-state index in [0.717, 1.165) is 17.9 Å². The van der Waals surface area contributed by atoms with Crippen molar-refractivity contribution in [1.82, 2.24) is 0 Å². The van der Waals surface area contributed by atoms with Gasteiger partial charge in [0, 0.05) is 30.5 Å². The van der Waals surface area contributed by atoms with Crippen LogP contribution in [0.3, 0.4) is 0 Å². The molecule has 1 unspecified atom stereocenters. The molecule has 10 rings (SSSR count). The Balaban J connectivity index is 1.19. The first-order valence-electron chi connectivity index (χ1n) is 14.3. The number of hydrogen-bond donors (Lipinski definition) is 0. The Kier molecular flexibility index (Phi) is 4.55. The van der Waals surface area contributed by atoms with Gasteiger partial charge in [-0.1, -0.05) is 36.4 Å². The van der Waals surface area contributed by atoms with Crippen molar-refractivity contribution in [1.29, 1.82) is 0 Å². The van der Waals surface area contributed by atoms with Crippen molar-refractivity contribution in [3.8, 4) is 21.9 Å². The number of methoxy groups -OCH3 is 2. The third-order valence-electron chi connectivity index (χ3n) is 9.49. The molecule has 9 aromatic rings. The van der Waals surface area contributed by atoms with Gasteiger partial charge in [0.05, 0.1) is 14.2 Å². The van der Waals surface area contributed by atoms with Gasteiger partial charge in [0.1, 0.15) is 11.5 Å². The molecule has 0 fully saturated rings. The van der Waals surface area contributed by atoms with Crippen LogP contribution in [0.25, 0.3) is 74.4 Å². The molecule has 1 atom stereocenters. The van der Waals surface area contributed by atoms with Crippen LogP contribution < -0.4 is 9.47 Å². The summed E-state index contributed by atoms with van der Waals surface area (Å²) in [6.07, 6.45) is 1.07. The largest absolute Gasteiger partial charge is 0.497 e. The SMILES string of the molecule is COc1ccc(-c2cc3c4ccc5cc6c7c(c8ccc9cc(c3s2)c4c5c9c86)CC(c2ccc(OC)cc2)S7)cc1. The maximum Gasteiger partial charge on any atom is 0.118 e. The van der Waals surface area contributed by atoms with Gasteiger partial charge in [-0.2, -0.15) is 0 Å². The van der Waals surface area contributed by atoms with Crippen LogP contribution in [0.2, 0.25) is 0 Å². The maximum atomic E-state index is 5.40. The Morgan fingerprint density at radius 2 is 1.24 bits per heavy atom. The number of fused-ring (bicyclic) bond motifs is 6. The molecule has 1 aromatic heterocycles. The molecule has 0 saturated heterocycles. The van der Waals surface area contributed by atoms with Crippen LogP contribution in [0.5, 0.6) is 11.5 Å². The monoisotopic (exact) mass is 576 g/mol. The molecule has 8 aromatic carbocycles. The molecule has 0 radical (unpaired) electrons. The van der Waals surface area contributed by atoms with Gasteiger partial charge < -0.3 is 9.47 Å². The highest BCUT2D eigenvalue weighted by molar-refractivity contribution is 8.00. The number of benzene rings is 6. The van der Waals surface area contributed by atoms with Gasteiger partial charge in [0.15, 0.2) is 0 Å². The Morgan fingerprint density at radius 1 is 0.595 bits per heavy atom. The zero-order valence-corrected chi connectivity index (χ0v) is 24.7. The Labute approximate surface area is 250 Å².